The summed E-state index contributed by atoms with van der Waals surface area (Å²) >= 11 is 0. The number of ether oxygens (including phenoxy) is 1. The summed E-state index contributed by atoms with van der Waals surface area (Å²) in [6, 6.07) is 0.709. The lowest BCUT2D eigenvalue weighted by Gasteiger charge is -2.06. The molecule has 1 fully saturated rings. The van der Waals surface area contributed by atoms with Crippen LogP contribution in [0.5, 0.6) is 5.88 Å². The van der Waals surface area contributed by atoms with Gasteiger partial charge in [0.15, 0.2) is 0 Å². The Bertz CT molecular complexity index is 362. The van der Waals surface area contributed by atoms with Gasteiger partial charge in [-0.1, -0.05) is 39.0 Å². The second-order valence-corrected chi connectivity index (χ2v) is 5.62. The molecule has 1 saturated carbocycles. The number of hydrogen-bond acceptors (Lipinski definition) is 4. The highest BCUT2D eigenvalue weighted by molar-refractivity contribution is 5.07. The number of rotatable bonds is 11. The highest BCUT2D eigenvalue weighted by Gasteiger charge is 2.20. The third-order valence-corrected chi connectivity index (χ3v) is 3.58. The minimum absolute atomic E-state index is 0.647. The Morgan fingerprint density at radius 1 is 1.10 bits per heavy atom. The van der Waals surface area contributed by atoms with Gasteiger partial charge in [0.05, 0.1) is 24.7 Å². The Labute approximate surface area is 122 Å². The summed E-state index contributed by atoms with van der Waals surface area (Å²) in [4.78, 5) is 8.67. The van der Waals surface area contributed by atoms with Gasteiger partial charge < -0.3 is 10.1 Å². The third kappa shape index (κ3) is 6.33. The molecule has 20 heavy (non-hydrogen) atoms. The molecule has 1 aliphatic carbocycles. The molecule has 2 rings (SSSR count). The molecule has 0 atom stereocenters. The van der Waals surface area contributed by atoms with Crippen molar-refractivity contribution in [1.29, 1.82) is 0 Å². The quantitative estimate of drug-likeness (QED) is 0.629. The maximum absolute atomic E-state index is 5.61. The van der Waals surface area contributed by atoms with Gasteiger partial charge in [-0.15, -0.1) is 0 Å². The highest BCUT2D eigenvalue weighted by Crippen LogP contribution is 2.19. The normalized spacial score (nSPS) is 14.4. The van der Waals surface area contributed by atoms with E-state index in [1.807, 2.05) is 6.20 Å². The van der Waals surface area contributed by atoms with E-state index in [2.05, 4.69) is 22.2 Å². The molecule has 1 aromatic rings. The Balaban J connectivity index is 1.53. The van der Waals surface area contributed by atoms with Crippen LogP contribution in [0.2, 0.25) is 0 Å². The number of hydrogen-bond donors (Lipinski definition) is 1. The van der Waals surface area contributed by atoms with Crippen molar-refractivity contribution in [2.75, 3.05) is 6.61 Å². The van der Waals surface area contributed by atoms with Crippen LogP contribution >= 0.6 is 0 Å². The fourth-order valence-corrected chi connectivity index (χ4v) is 2.10. The van der Waals surface area contributed by atoms with E-state index in [0.29, 0.717) is 11.9 Å². The molecule has 0 aliphatic heterocycles. The fraction of sp³-hybridized carbons (Fsp3) is 0.750. The molecule has 0 radical (unpaired) electrons. The summed E-state index contributed by atoms with van der Waals surface area (Å²) in [7, 11) is 0. The standard InChI is InChI=1S/C16H27N3O/c1-2-3-4-5-6-7-10-20-16-13-18-15(12-19-16)11-17-14-8-9-14/h12-14,17H,2-11H2,1H3. The third-order valence-electron chi connectivity index (χ3n) is 3.58. The zero-order chi connectivity index (χ0) is 14.0. The van der Waals surface area contributed by atoms with Crippen molar-refractivity contribution in [3.63, 3.8) is 0 Å². The molecule has 0 bridgehead atoms. The molecule has 0 saturated heterocycles. The summed E-state index contributed by atoms with van der Waals surface area (Å²) in [6.45, 7) is 3.81. The summed E-state index contributed by atoms with van der Waals surface area (Å²) in [5.74, 6) is 0.647. The van der Waals surface area contributed by atoms with Gasteiger partial charge in [-0.25, -0.2) is 4.98 Å². The van der Waals surface area contributed by atoms with E-state index in [9.17, 15) is 0 Å². The van der Waals surface area contributed by atoms with Crippen LogP contribution in [0.15, 0.2) is 12.4 Å². The topological polar surface area (TPSA) is 47.0 Å². The predicted octanol–water partition coefficient (Wildman–Crippen LogP) is 3.47. The molecule has 1 aromatic heterocycles. The van der Waals surface area contributed by atoms with Crippen molar-refractivity contribution < 1.29 is 4.74 Å². The molecule has 0 spiro atoms. The molecular weight excluding hydrogens is 250 g/mol. The molecular formula is C16H27N3O. The summed E-state index contributed by atoms with van der Waals surface area (Å²) < 4.78 is 5.61. The van der Waals surface area contributed by atoms with Crippen molar-refractivity contribution in [3.05, 3.63) is 18.1 Å². The minimum Gasteiger partial charge on any atom is -0.477 e. The van der Waals surface area contributed by atoms with Crippen LogP contribution in [0.4, 0.5) is 0 Å². The Hall–Kier alpha value is -1.16. The lowest BCUT2D eigenvalue weighted by Crippen LogP contribution is -2.16. The fourth-order valence-electron chi connectivity index (χ4n) is 2.10. The van der Waals surface area contributed by atoms with Crippen LogP contribution in [-0.2, 0) is 6.54 Å². The Kier molecular flexibility index (Phi) is 6.78. The van der Waals surface area contributed by atoms with Crippen molar-refractivity contribution >= 4 is 0 Å². The van der Waals surface area contributed by atoms with E-state index in [4.69, 9.17) is 4.74 Å². The van der Waals surface area contributed by atoms with Gasteiger partial charge in [-0.3, -0.25) is 4.98 Å². The highest BCUT2D eigenvalue weighted by atomic mass is 16.5. The number of nitrogens with one attached hydrogen (secondary N) is 1. The zero-order valence-electron chi connectivity index (χ0n) is 12.6. The Morgan fingerprint density at radius 3 is 2.60 bits per heavy atom. The average Bonchev–Trinajstić information content (AvgIpc) is 3.30. The number of nitrogens with zero attached hydrogens (tertiary/aromatic N) is 2. The minimum atomic E-state index is 0.647. The molecule has 4 heteroatoms. The molecule has 1 N–H and O–H groups in total. The first-order valence-corrected chi connectivity index (χ1v) is 8.05. The molecule has 0 amide bonds. The molecule has 112 valence electrons. The van der Waals surface area contributed by atoms with Crippen molar-refractivity contribution in [2.45, 2.75) is 70.9 Å². The van der Waals surface area contributed by atoms with Crippen molar-refractivity contribution in [3.8, 4) is 5.88 Å². The van der Waals surface area contributed by atoms with Crippen molar-refractivity contribution in [1.82, 2.24) is 15.3 Å². The number of unbranched alkanes of at least 4 members (excludes halogenated alkanes) is 5. The largest absolute Gasteiger partial charge is 0.477 e. The van der Waals surface area contributed by atoms with Gasteiger partial charge in [-0.2, -0.15) is 0 Å². The van der Waals surface area contributed by atoms with E-state index in [1.54, 1.807) is 6.20 Å². The van der Waals surface area contributed by atoms with E-state index in [1.165, 1.54) is 44.9 Å². The first-order chi connectivity index (χ1) is 9.88. The SMILES string of the molecule is CCCCCCCCOc1cnc(CNC2CC2)cn1. The average molecular weight is 277 g/mol. The first-order valence-electron chi connectivity index (χ1n) is 8.05. The second kappa shape index (κ2) is 8.90. The van der Waals surface area contributed by atoms with Gasteiger partial charge in [0.25, 0.3) is 0 Å². The summed E-state index contributed by atoms with van der Waals surface area (Å²) in [6.07, 6.45) is 13.8. The van der Waals surface area contributed by atoms with Gasteiger partial charge in [0.2, 0.25) is 5.88 Å². The van der Waals surface area contributed by atoms with E-state index >= 15 is 0 Å². The molecule has 0 aromatic carbocycles. The van der Waals surface area contributed by atoms with E-state index < -0.39 is 0 Å². The van der Waals surface area contributed by atoms with Gasteiger partial charge in [-0.05, 0) is 19.3 Å². The van der Waals surface area contributed by atoms with Crippen molar-refractivity contribution in [2.24, 2.45) is 0 Å². The van der Waals surface area contributed by atoms with Gasteiger partial charge in [0.1, 0.15) is 0 Å². The zero-order valence-corrected chi connectivity index (χ0v) is 12.6. The predicted molar refractivity (Wildman–Crippen MR) is 80.8 cm³/mol. The monoisotopic (exact) mass is 277 g/mol. The van der Waals surface area contributed by atoms with Crippen LogP contribution in [0.25, 0.3) is 0 Å². The summed E-state index contributed by atoms with van der Waals surface area (Å²) in [5.41, 5.74) is 0.990. The maximum atomic E-state index is 5.61. The smallest absolute Gasteiger partial charge is 0.232 e. The van der Waals surface area contributed by atoms with Crippen LogP contribution in [-0.4, -0.2) is 22.6 Å². The van der Waals surface area contributed by atoms with Gasteiger partial charge >= 0.3 is 0 Å². The lowest BCUT2D eigenvalue weighted by molar-refractivity contribution is 0.291. The lowest BCUT2D eigenvalue weighted by atomic mass is 10.1. The van der Waals surface area contributed by atoms with Crippen LogP contribution in [0.3, 0.4) is 0 Å². The summed E-state index contributed by atoms with van der Waals surface area (Å²) in [5, 5.41) is 3.43. The maximum Gasteiger partial charge on any atom is 0.232 e. The van der Waals surface area contributed by atoms with E-state index in [0.717, 1.165) is 25.3 Å². The first kappa shape index (κ1) is 15.2. The molecule has 1 heterocycles. The van der Waals surface area contributed by atoms with E-state index in [-0.39, 0.29) is 0 Å². The molecule has 4 nitrogen and oxygen atoms in total. The van der Waals surface area contributed by atoms with Gasteiger partial charge in [0, 0.05) is 12.6 Å². The van der Waals surface area contributed by atoms with Crippen LogP contribution in [0, 0.1) is 0 Å². The molecule has 0 unspecified atom stereocenters. The Morgan fingerprint density at radius 2 is 1.90 bits per heavy atom. The van der Waals surface area contributed by atoms with Crippen LogP contribution in [0.1, 0.15) is 64.0 Å². The number of aromatic nitrogens is 2. The van der Waals surface area contributed by atoms with Crippen LogP contribution < -0.4 is 10.1 Å². The molecule has 1 aliphatic rings. The second-order valence-electron chi connectivity index (χ2n) is 5.62.